The highest BCUT2D eigenvalue weighted by Gasteiger charge is 2.49. The first-order valence-corrected chi connectivity index (χ1v) is 21.6. The number of esters is 1. The van der Waals surface area contributed by atoms with Crippen molar-refractivity contribution in [2.75, 3.05) is 19.6 Å². The van der Waals surface area contributed by atoms with Crippen molar-refractivity contribution in [2.45, 2.75) is 91.4 Å². The molecule has 0 amide bonds. The van der Waals surface area contributed by atoms with Gasteiger partial charge in [0.1, 0.15) is 23.9 Å². The Bertz CT molecular complexity index is 2850. The van der Waals surface area contributed by atoms with E-state index >= 15 is 0 Å². The zero-order chi connectivity index (χ0) is 44.7. The standard InChI is InChI=1S/C25H32N4O3.C23H20N2O6/c1-4-28-11-9-18(10-12-28)13-17-5-7-19(8-6-17)29-24(26-27-25(29)32)21-14-20(16(2)3)22(30)15-23(21)31;1-3-13-14-7-12(27)5-6-18(14)24-20-15(13)9-25-19(20)8-17-16(21(25)28)10-30-22(29)23(17,4-2)31-11-26/h5-8,14-16,18,30-31H,4,9-13H2,1-3H3,(H,27,32);5-8,11,27H,3-4,9-10H2,1-2H3. The zero-order valence-corrected chi connectivity index (χ0v) is 36.1. The fourth-order valence-electron chi connectivity index (χ4n) is 9.39. The lowest BCUT2D eigenvalue weighted by molar-refractivity contribution is -0.182. The highest BCUT2D eigenvalue weighted by Crippen LogP contribution is 2.42. The van der Waals surface area contributed by atoms with Crippen molar-refractivity contribution < 1.29 is 34.4 Å². The molecule has 15 nitrogen and oxygen atoms in total. The molecule has 3 aliphatic heterocycles. The molecule has 4 N–H and O–H groups in total. The maximum absolute atomic E-state index is 13.4. The smallest absolute Gasteiger partial charge is 0.355 e. The number of cyclic esters (lactones) is 1. The van der Waals surface area contributed by atoms with Gasteiger partial charge in [-0.15, -0.1) is 0 Å². The van der Waals surface area contributed by atoms with Crippen LogP contribution in [-0.4, -0.2) is 76.6 Å². The number of fused-ring (bicyclic) bond motifs is 5. The van der Waals surface area contributed by atoms with Gasteiger partial charge in [-0.05, 0) is 123 Å². The number of aromatic hydroxyl groups is 3. The number of nitrogens with zero attached hydrogens (tertiary/aromatic N) is 5. The number of likely N-dealkylation sites (tertiary alicyclic amines) is 1. The fraction of sp³-hybridized carbons (Fsp3) is 0.375. The molecular formula is C48H52N6O9. The van der Waals surface area contributed by atoms with Crippen molar-refractivity contribution in [1.29, 1.82) is 0 Å². The number of benzene rings is 3. The van der Waals surface area contributed by atoms with Gasteiger partial charge < -0.3 is 34.3 Å². The SMILES string of the molecule is CCN1CCC(Cc2ccc(-n3c(-c4cc(C(C)C)c(O)cc4O)n[nH]c3=O)cc2)CC1.CCc1c2c(nc3ccc(O)cc13)-c1cc3c(c(=O)n1C2)COC(=O)C3(CC)OC=O. The number of pyridine rings is 2. The van der Waals surface area contributed by atoms with Gasteiger partial charge in [0.2, 0.25) is 5.60 Å². The number of rotatable bonds is 10. The number of nitrogens with one attached hydrogen (secondary N) is 1. The summed E-state index contributed by atoms with van der Waals surface area (Å²) in [4.78, 5) is 57.1. The molecule has 6 heterocycles. The molecule has 1 unspecified atom stereocenters. The minimum Gasteiger partial charge on any atom is -0.508 e. The molecule has 1 atom stereocenters. The van der Waals surface area contributed by atoms with Crippen LogP contribution < -0.4 is 11.2 Å². The molecule has 3 aromatic heterocycles. The third-order valence-corrected chi connectivity index (χ3v) is 12.9. The molecule has 1 fully saturated rings. The van der Waals surface area contributed by atoms with E-state index in [2.05, 4.69) is 34.2 Å². The van der Waals surface area contributed by atoms with Gasteiger partial charge in [-0.1, -0.05) is 46.8 Å². The zero-order valence-electron chi connectivity index (χ0n) is 36.1. The Morgan fingerprint density at radius 1 is 0.952 bits per heavy atom. The van der Waals surface area contributed by atoms with Crippen LogP contribution in [0.3, 0.4) is 0 Å². The second-order valence-corrected chi connectivity index (χ2v) is 16.8. The Labute approximate surface area is 363 Å². The molecule has 9 rings (SSSR count). The van der Waals surface area contributed by atoms with E-state index in [1.807, 2.05) is 32.9 Å². The van der Waals surface area contributed by atoms with Crippen LogP contribution in [-0.2, 0) is 50.7 Å². The van der Waals surface area contributed by atoms with Gasteiger partial charge in [0.25, 0.3) is 12.0 Å². The predicted octanol–water partition coefficient (Wildman–Crippen LogP) is 6.56. The minimum absolute atomic E-state index is 0.0276. The number of carbonyl (C=O) groups is 2. The first kappa shape index (κ1) is 42.9. The van der Waals surface area contributed by atoms with Crippen molar-refractivity contribution in [1.82, 2.24) is 29.2 Å². The second kappa shape index (κ2) is 17.2. The van der Waals surface area contributed by atoms with Crippen LogP contribution in [0.25, 0.3) is 39.4 Å². The first-order chi connectivity index (χ1) is 30.3. The predicted molar refractivity (Wildman–Crippen MR) is 236 cm³/mol. The van der Waals surface area contributed by atoms with Crippen LogP contribution in [0.5, 0.6) is 17.2 Å². The Morgan fingerprint density at radius 3 is 2.37 bits per heavy atom. The van der Waals surface area contributed by atoms with Crippen LogP contribution >= 0.6 is 0 Å². The topological polar surface area (TPSA) is 202 Å². The number of H-pyrrole nitrogens is 1. The summed E-state index contributed by atoms with van der Waals surface area (Å²) in [6.45, 7) is 13.7. The number of hydrogen-bond donors (Lipinski definition) is 4. The third kappa shape index (κ3) is 7.64. The highest BCUT2D eigenvalue weighted by molar-refractivity contribution is 5.90. The summed E-state index contributed by atoms with van der Waals surface area (Å²) in [7, 11) is 0. The summed E-state index contributed by atoms with van der Waals surface area (Å²) in [5.74, 6) is 0.433. The molecule has 0 spiro atoms. The number of hydrogen-bond acceptors (Lipinski definition) is 12. The van der Waals surface area contributed by atoms with E-state index in [-0.39, 0.29) is 53.9 Å². The summed E-state index contributed by atoms with van der Waals surface area (Å²) in [5.41, 5.74) is 5.22. The lowest BCUT2D eigenvalue weighted by Gasteiger charge is -2.34. The van der Waals surface area contributed by atoms with Crippen LogP contribution in [0.15, 0.2) is 70.3 Å². The number of phenolic OH excluding ortho intramolecular Hbond substituents is 3. The van der Waals surface area contributed by atoms with Gasteiger partial charge in [0.15, 0.2) is 5.82 Å². The Morgan fingerprint density at radius 2 is 1.70 bits per heavy atom. The summed E-state index contributed by atoms with van der Waals surface area (Å²) in [5, 5.41) is 38.1. The molecule has 0 bridgehead atoms. The maximum Gasteiger partial charge on any atom is 0.355 e. The van der Waals surface area contributed by atoms with E-state index < -0.39 is 11.6 Å². The lowest BCUT2D eigenvalue weighted by Crippen LogP contribution is -2.46. The second-order valence-electron chi connectivity index (χ2n) is 16.8. The van der Waals surface area contributed by atoms with Crippen LogP contribution in [0, 0.1) is 5.92 Å². The van der Waals surface area contributed by atoms with Crippen molar-refractivity contribution in [3.8, 4) is 45.7 Å². The molecule has 15 heteroatoms. The van der Waals surface area contributed by atoms with E-state index in [9.17, 15) is 34.5 Å². The number of ether oxygens (including phenoxy) is 2. The molecular weight excluding hydrogens is 805 g/mol. The first-order valence-electron chi connectivity index (χ1n) is 21.6. The van der Waals surface area contributed by atoms with Gasteiger partial charge in [0.05, 0.1) is 40.3 Å². The summed E-state index contributed by atoms with van der Waals surface area (Å²) in [6, 6.07) is 17.7. The molecule has 3 aromatic carbocycles. The normalized spacial score (nSPS) is 17.1. The highest BCUT2D eigenvalue weighted by atomic mass is 16.6. The quantitative estimate of drug-likeness (QED) is 0.0854. The molecule has 328 valence electrons. The molecule has 63 heavy (non-hydrogen) atoms. The van der Waals surface area contributed by atoms with Gasteiger partial charge >= 0.3 is 11.7 Å². The van der Waals surface area contributed by atoms with E-state index in [0.29, 0.717) is 69.6 Å². The van der Waals surface area contributed by atoms with E-state index in [1.165, 1.54) is 42.1 Å². The number of aromatic nitrogens is 5. The van der Waals surface area contributed by atoms with E-state index in [0.717, 1.165) is 29.5 Å². The molecule has 0 saturated carbocycles. The number of aryl methyl sites for hydroxylation is 1. The number of aromatic amines is 1. The molecule has 0 radical (unpaired) electrons. The average Bonchev–Trinajstić information content (AvgIpc) is 3.84. The monoisotopic (exact) mass is 856 g/mol. The maximum atomic E-state index is 13.4. The Hall–Kier alpha value is -6.74. The summed E-state index contributed by atoms with van der Waals surface area (Å²) >= 11 is 0. The molecule has 0 aliphatic carbocycles. The van der Waals surface area contributed by atoms with Gasteiger partial charge in [0, 0.05) is 22.6 Å². The van der Waals surface area contributed by atoms with Crippen molar-refractivity contribution in [2.24, 2.45) is 5.92 Å². The third-order valence-electron chi connectivity index (χ3n) is 12.9. The van der Waals surface area contributed by atoms with Crippen LogP contribution in [0.2, 0.25) is 0 Å². The number of piperidine rings is 1. The largest absolute Gasteiger partial charge is 0.508 e. The van der Waals surface area contributed by atoms with Crippen LogP contribution in [0.1, 0.15) is 93.2 Å². The van der Waals surface area contributed by atoms with Gasteiger partial charge in [-0.2, -0.15) is 5.10 Å². The lowest BCUT2D eigenvalue weighted by atomic mass is 9.85. The minimum atomic E-state index is -1.65. The molecule has 3 aliphatic rings. The molecule has 6 aromatic rings. The Kier molecular flexibility index (Phi) is 11.7. The number of phenols is 3. The number of carbonyl (C=O) groups excluding carboxylic acids is 2. The Balaban J connectivity index is 0.000000173. The van der Waals surface area contributed by atoms with E-state index in [1.54, 1.807) is 41.8 Å². The average molecular weight is 857 g/mol. The van der Waals surface area contributed by atoms with Crippen molar-refractivity contribution >= 4 is 23.3 Å². The summed E-state index contributed by atoms with van der Waals surface area (Å²) < 4.78 is 13.5. The van der Waals surface area contributed by atoms with Crippen molar-refractivity contribution in [3.63, 3.8) is 0 Å². The summed E-state index contributed by atoms with van der Waals surface area (Å²) in [6.07, 6.45) is 4.32. The van der Waals surface area contributed by atoms with Gasteiger partial charge in [-0.25, -0.2) is 24.2 Å². The van der Waals surface area contributed by atoms with Gasteiger partial charge in [-0.3, -0.25) is 9.59 Å². The van der Waals surface area contributed by atoms with Crippen molar-refractivity contribution in [3.05, 3.63) is 115 Å². The van der Waals surface area contributed by atoms with E-state index in [4.69, 9.17) is 14.5 Å². The molecule has 1 saturated heterocycles. The fourth-order valence-corrected chi connectivity index (χ4v) is 9.39. The van der Waals surface area contributed by atoms with Crippen LogP contribution in [0.4, 0.5) is 0 Å².